The van der Waals surface area contributed by atoms with E-state index in [0.29, 0.717) is 11.9 Å². The highest BCUT2D eigenvalue weighted by atomic mass is 16.2. The number of likely N-dealkylation sites (N-methyl/N-ethyl adjacent to an activating group) is 1. The van der Waals surface area contributed by atoms with E-state index < -0.39 is 6.04 Å². The van der Waals surface area contributed by atoms with Crippen LogP contribution in [-0.4, -0.2) is 28.4 Å². The van der Waals surface area contributed by atoms with E-state index in [2.05, 4.69) is 5.32 Å². The van der Waals surface area contributed by atoms with Crippen LogP contribution in [0.3, 0.4) is 0 Å². The maximum absolute atomic E-state index is 12.4. The van der Waals surface area contributed by atoms with Crippen molar-refractivity contribution in [1.29, 1.82) is 0 Å². The third kappa shape index (κ3) is 2.24. The standard InChI is InChI=1S/C14H17N3O3/c1-15-13(19)12(8-5-9-18)17-11-7-4-3-6-10(11)16(2)14(17)20/h3-4,6-7,9,12H,5,8H2,1-2H3,(H,15,19). The van der Waals surface area contributed by atoms with Gasteiger partial charge in [0.15, 0.2) is 0 Å². The molecule has 20 heavy (non-hydrogen) atoms. The van der Waals surface area contributed by atoms with E-state index in [1.165, 1.54) is 16.2 Å². The number of rotatable bonds is 5. The lowest BCUT2D eigenvalue weighted by atomic mass is 10.1. The number of nitrogens with zero attached hydrogens (tertiary/aromatic N) is 2. The Hall–Kier alpha value is -2.37. The van der Waals surface area contributed by atoms with Crippen LogP contribution in [0, 0.1) is 0 Å². The number of hydrogen-bond acceptors (Lipinski definition) is 3. The largest absolute Gasteiger partial charge is 0.357 e. The molecular weight excluding hydrogens is 258 g/mol. The summed E-state index contributed by atoms with van der Waals surface area (Å²) in [5.74, 6) is -0.273. The van der Waals surface area contributed by atoms with Crippen molar-refractivity contribution in [1.82, 2.24) is 14.5 Å². The highest BCUT2D eigenvalue weighted by Crippen LogP contribution is 2.19. The van der Waals surface area contributed by atoms with Crippen molar-refractivity contribution >= 4 is 23.2 Å². The van der Waals surface area contributed by atoms with E-state index in [1.807, 2.05) is 18.2 Å². The van der Waals surface area contributed by atoms with E-state index in [4.69, 9.17) is 0 Å². The molecule has 0 bridgehead atoms. The zero-order valence-electron chi connectivity index (χ0n) is 11.5. The van der Waals surface area contributed by atoms with Crippen molar-refractivity contribution in [3.63, 3.8) is 0 Å². The summed E-state index contributed by atoms with van der Waals surface area (Å²) in [6.45, 7) is 0. The molecule has 1 aromatic carbocycles. The Labute approximate surface area is 116 Å². The van der Waals surface area contributed by atoms with Crippen LogP contribution in [0.4, 0.5) is 0 Å². The average molecular weight is 275 g/mol. The van der Waals surface area contributed by atoms with Gasteiger partial charge < -0.3 is 10.1 Å². The number of aryl methyl sites for hydroxylation is 1. The molecule has 0 aliphatic rings. The molecule has 0 saturated carbocycles. The Morgan fingerprint density at radius 1 is 1.35 bits per heavy atom. The van der Waals surface area contributed by atoms with Crippen molar-refractivity contribution in [2.24, 2.45) is 7.05 Å². The van der Waals surface area contributed by atoms with E-state index in [0.717, 1.165) is 11.8 Å². The van der Waals surface area contributed by atoms with Crippen molar-refractivity contribution in [2.75, 3.05) is 7.05 Å². The number of carbonyl (C=O) groups is 2. The van der Waals surface area contributed by atoms with Gasteiger partial charge in [-0.05, 0) is 18.6 Å². The highest BCUT2D eigenvalue weighted by molar-refractivity contribution is 5.84. The van der Waals surface area contributed by atoms with Gasteiger partial charge in [0.05, 0.1) is 11.0 Å². The summed E-state index contributed by atoms with van der Waals surface area (Å²) >= 11 is 0. The summed E-state index contributed by atoms with van der Waals surface area (Å²) in [5.41, 5.74) is 1.20. The van der Waals surface area contributed by atoms with E-state index >= 15 is 0 Å². The molecule has 1 atom stereocenters. The van der Waals surface area contributed by atoms with Gasteiger partial charge in [0, 0.05) is 20.5 Å². The summed E-state index contributed by atoms with van der Waals surface area (Å²) in [5, 5.41) is 2.55. The molecule has 2 rings (SSSR count). The van der Waals surface area contributed by atoms with E-state index in [1.54, 1.807) is 13.1 Å². The SMILES string of the molecule is CNC(=O)C(CCC=O)n1c(=O)n(C)c2ccccc21. The predicted octanol–water partition coefficient (Wildman–Crippen LogP) is 0.606. The summed E-state index contributed by atoms with van der Waals surface area (Å²) < 4.78 is 2.96. The van der Waals surface area contributed by atoms with Crippen molar-refractivity contribution in [3.8, 4) is 0 Å². The number of carbonyl (C=O) groups excluding carboxylic acids is 2. The molecule has 0 fully saturated rings. The fourth-order valence-corrected chi connectivity index (χ4v) is 2.39. The Balaban J connectivity index is 2.64. The first kappa shape index (κ1) is 14.0. The van der Waals surface area contributed by atoms with Crippen LogP contribution in [0.1, 0.15) is 18.9 Å². The van der Waals surface area contributed by atoms with Gasteiger partial charge in [-0.15, -0.1) is 0 Å². The molecule has 2 aromatic rings. The predicted molar refractivity (Wildman–Crippen MR) is 75.6 cm³/mol. The number of hydrogen-bond donors (Lipinski definition) is 1. The monoisotopic (exact) mass is 275 g/mol. The molecule has 0 radical (unpaired) electrons. The van der Waals surface area contributed by atoms with Gasteiger partial charge in [-0.3, -0.25) is 13.9 Å². The molecule has 6 nitrogen and oxygen atoms in total. The number of aldehydes is 1. The second-order valence-corrected chi connectivity index (χ2v) is 4.57. The molecule has 0 spiro atoms. The van der Waals surface area contributed by atoms with Crippen LogP contribution in [0.5, 0.6) is 0 Å². The van der Waals surface area contributed by atoms with E-state index in [9.17, 15) is 14.4 Å². The third-order valence-electron chi connectivity index (χ3n) is 3.41. The quantitative estimate of drug-likeness (QED) is 0.812. The lowest BCUT2D eigenvalue weighted by Crippen LogP contribution is -2.36. The smallest absolute Gasteiger partial charge is 0.329 e. The Morgan fingerprint density at radius 2 is 2.00 bits per heavy atom. The van der Waals surface area contributed by atoms with E-state index in [-0.39, 0.29) is 18.0 Å². The zero-order chi connectivity index (χ0) is 14.7. The first-order valence-corrected chi connectivity index (χ1v) is 6.43. The first-order valence-electron chi connectivity index (χ1n) is 6.43. The molecule has 0 saturated heterocycles. The second-order valence-electron chi connectivity index (χ2n) is 4.57. The van der Waals surface area contributed by atoms with Crippen LogP contribution in [-0.2, 0) is 16.6 Å². The van der Waals surface area contributed by atoms with Crippen molar-refractivity contribution < 1.29 is 9.59 Å². The summed E-state index contributed by atoms with van der Waals surface area (Å²) in [4.78, 5) is 35.0. The number of fused-ring (bicyclic) bond motifs is 1. The Bertz CT molecular complexity index is 699. The van der Waals surface area contributed by atoms with Gasteiger partial charge in [0.1, 0.15) is 12.3 Å². The molecule has 1 amide bonds. The molecule has 1 unspecified atom stereocenters. The molecular formula is C14H17N3O3. The minimum Gasteiger partial charge on any atom is -0.357 e. The molecule has 6 heteroatoms. The number of imidazole rings is 1. The lowest BCUT2D eigenvalue weighted by Gasteiger charge is -2.16. The van der Waals surface area contributed by atoms with Gasteiger partial charge >= 0.3 is 5.69 Å². The lowest BCUT2D eigenvalue weighted by molar-refractivity contribution is -0.124. The summed E-state index contributed by atoms with van der Waals surface area (Å²) in [7, 11) is 3.19. The molecule has 1 N–H and O–H groups in total. The normalized spacial score (nSPS) is 12.3. The Morgan fingerprint density at radius 3 is 2.60 bits per heavy atom. The molecule has 0 aliphatic carbocycles. The molecule has 1 aromatic heterocycles. The van der Waals surface area contributed by atoms with Crippen LogP contribution in [0.15, 0.2) is 29.1 Å². The molecule has 106 valence electrons. The number of amides is 1. The fraction of sp³-hybridized carbons (Fsp3) is 0.357. The van der Waals surface area contributed by atoms with Crippen molar-refractivity contribution in [3.05, 3.63) is 34.7 Å². The van der Waals surface area contributed by atoms with Gasteiger partial charge in [-0.2, -0.15) is 0 Å². The minimum absolute atomic E-state index is 0.230. The first-order chi connectivity index (χ1) is 9.61. The van der Waals surface area contributed by atoms with Crippen molar-refractivity contribution in [2.45, 2.75) is 18.9 Å². The van der Waals surface area contributed by atoms with Crippen LogP contribution in [0.2, 0.25) is 0 Å². The Kier molecular flexibility index (Phi) is 4.02. The number of para-hydroxylation sites is 2. The zero-order valence-corrected chi connectivity index (χ0v) is 11.5. The van der Waals surface area contributed by atoms with Gasteiger partial charge in [0.2, 0.25) is 5.91 Å². The summed E-state index contributed by atoms with van der Waals surface area (Å²) in [6.07, 6.45) is 1.29. The van der Waals surface area contributed by atoms with Gasteiger partial charge in [-0.1, -0.05) is 12.1 Å². The fourth-order valence-electron chi connectivity index (χ4n) is 2.39. The minimum atomic E-state index is -0.677. The highest BCUT2D eigenvalue weighted by Gasteiger charge is 2.24. The number of aromatic nitrogens is 2. The van der Waals surface area contributed by atoms with Gasteiger partial charge in [0.25, 0.3) is 0 Å². The second kappa shape index (κ2) is 5.73. The maximum atomic E-state index is 12.4. The molecule has 0 aliphatic heterocycles. The maximum Gasteiger partial charge on any atom is 0.329 e. The molecule has 1 heterocycles. The van der Waals surface area contributed by atoms with Gasteiger partial charge in [-0.25, -0.2) is 4.79 Å². The van der Waals surface area contributed by atoms with Crippen LogP contribution >= 0.6 is 0 Å². The van der Waals surface area contributed by atoms with Crippen LogP contribution in [0.25, 0.3) is 11.0 Å². The number of nitrogens with one attached hydrogen (secondary N) is 1. The topological polar surface area (TPSA) is 73.1 Å². The number of benzene rings is 1. The average Bonchev–Trinajstić information content (AvgIpc) is 2.73. The third-order valence-corrected chi connectivity index (χ3v) is 3.41. The van der Waals surface area contributed by atoms with Crippen LogP contribution < -0.4 is 11.0 Å². The summed E-state index contributed by atoms with van der Waals surface area (Å²) in [6, 6.07) is 6.61.